The van der Waals surface area contributed by atoms with Gasteiger partial charge in [0.1, 0.15) is 11.9 Å². The van der Waals surface area contributed by atoms with Crippen molar-refractivity contribution in [1.82, 2.24) is 10.2 Å². The Labute approximate surface area is 219 Å². The van der Waals surface area contributed by atoms with Crippen molar-refractivity contribution in [3.8, 4) is 0 Å². The van der Waals surface area contributed by atoms with Crippen molar-refractivity contribution in [3.63, 3.8) is 0 Å². The molecular formula is C27H27Cl2FN2O2S. The Morgan fingerprint density at radius 2 is 1.71 bits per heavy atom. The Bertz CT molecular complexity index is 1150. The summed E-state index contributed by atoms with van der Waals surface area (Å²) in [6.45, 7) is 2.24. The third-order valence-corrected chi connectivity index (χ3v) is 6.97. The Balaban J connectivity index is 1.84. The van der Waals surface area contributed by atoms with Crippen molar-refractivity contribution in [2.75, 3.05) is 12.3 Å². The second-order valence-electron chi connectivity index (χ2n) is 7.94. The quantitative estimate of drug-likeness (QED) is 0.322. The van der Waals surface area contributed by atoms with Gasteiger partial charge in [-0.25, -0.2) is 4.39 Å². The minimum absolute atomic E-state index is 0.0115. The first kappa shape index (κ1) is 27.1. The normalized spacial score (nSPS) is 11.7. The van der Waals surface area contributed by atoms with Crippen LogP contribution in [0, 0.1) is 5.82 Å². The highest BCUT2D eigenvalue weighted by Gasteiger charge is 2.30. The Morgan fingerprint density at radius 1 is 1.00 bits per heavy atom. The number of carbonyl (C=O) groups excluding carboxylic acids is 2. The fourth-order valence-electron chi connectivity index (χ4n) is 3.63. The van der Waals surface area contributed by atoms with E-state index >= 15 is 0 Å². The molecule has 0 aliphatic carbocycles. The van der Waals surface area contributed by atoms with Crippen molar-refractivity contribution in [1.29, 1.82) is 0 Å². The first-order valence-electron chi connectivity index (χ1n) is 11.2. The van der Waals surface area contributed by atoms with E-state index in [-0.39, 0.29) is 24.1 Å². The highest BCUT2D eigenvalue weighted by Crippen LogP contribution is 2.25. The summed E-state index contributed by atoms with van der Waals surface area (Å²) in [5, 5.41) is 3.91. The molecule has 0 heterocycles. The van der Waals surface area contributed by atoms with E-state index in [4.69, 9.17) is 23.2 Å². The van der Waals surface area contributed by atoms with Crippen LogP contribution in [0.1, 0.15) is 23.6 Å². The lowest BCUT2D eigenvalue weighted by atomic mass is 10.0. The summed E-state index contributed by atoms with van der Waals surface area (Å²) in [6, 6.07) is 20.3. The van der Waals surface area contributed by atoms with E-state index in [1.807, 2.05) is 43.3 Å². The van der Waals surface area contributed by atoms with E-state index in [1.54, 1.807) is 30.3 Å². The van der Waals surface area contributed by atoms with Crippen LogP contribution < -0.4 is 5.32 Å². The largest absolute Gasteiger partial charge is 0.355 e. The number of hydrogen-bond donors (Lipinski definition) is 1. The lowest BCUT2D eigenvalue weighted by Gasteiger charge is -2.31. The number of nitrogens with one attached hydrogen (secondary N) is 1. The molecule has 0 aromatic heterocycles. The molecule has 0 saturated carbocycles. The molecule has 0 aliphatic rings. The van der Waals surface area contributed by atoms with Gasteiger partial charge < -0.3 is 10.2 Å². The van der Waals surface area contributed by atoms with Gasteiger partial charge in [0.2, 0.25) is 11.8 Å². The van der Waals surface area contributed by atoms with E-state index in [0.29, 0.717) is 34.3 Å². The summed E-state index contributed by atoms with van der Waals surface area (Å²) in [5.74, 6) is -0.333. The topological polar surface area (TPSA) is 49.4 Å². The van der Waals surface area contributed by atoms with Crippen LogP contribution >= 0.6 is 35.0 Å². The number of thioether (sulfide) groups is 1. The van der Waals surface area contributed by atoms with Gasteiger partial charge in [0.25, 0.3) is 0 Å². The molecule has 1 unspecified atom stereocenters. The second kappa shape index (κ2) is 13.5. The molecule has 35 heavy (non-hydrogen) atoms. The van der Waals surface area contributed by atoms with Crippen LogP contribution in [0.25, 0.3) is 0 Å². The van der Waals surface area contributed by atoms with Crippen LogP contribution in [0.3, 0.4) is 0 Å². The van der Waals surface area contributed by atoms with Gasteiger partial charge in [0.05, 0.1) is 5.75 Å². The van der Waals surface area contributed by atoms with Crippen LogP contribution in [0.15, 0.2) is 72.8 Å². The summed E-state index contributed by atoms with van der Waals surface area (Å²) >= 11 is 13.6. The maximum Gasteiger partial charge on any atom is 0.243 e. The molecule has 2 amide bonds. The van der Waals surface area contributed by atoms with Gasteiger partial charge in [-0.3, -0.25) is 9.59 Å². The van der Waals surface area contributed by atoms with Crippen molar-refractivity contribution >= 4 is 46.8 Å². The first-order chi connectivity index (χ1) is 16.9. The fourth-order valence-corrected chi connectivity index (χ4v) is 5.09. The van der Waals surface area contributed by atoms with Crippen LogP contribution in [0.2, 0.25) is 10.0 Å². The molecule has 8 heteroatoms. The van der Waals surface area contributed by atoms with Gasteiger partial charge in [-0.2, -0.15) is 0 Å². The molecule has 3 aromatic carbocycles. The maximum atomic E-state index is 14.5. The molecule has 3 rings (SSSR count). The molecule has 0 bridgehead atoms. The summed E-state index contributed by atoms with van der Waals surface area (Å²) in [7, 11) is 0. The number of likely N-dealkylation sites (N-methyl/N-ethyl adjacent to an activating group) is 1. The van der Waals surface area contributed by atoms with Gasteiger partial charge in [0.15, 0.2) is 0 Å². The molecule has 0 aliphatic heterocycles. The Hall–Kier alpha value is -2.54. The number of amides is 2. The van der Waals surface area contributed by atoms with E-state index in [1.165, 1.54) is 22.7 Å². The van der Waals surface area contributed by atoms with Gasteiger partial charge >= 0.3 is 0 Å². The van der Waals surface area contributed by atoms with E-state index in [0.717, 1.165) is 11.1 Å². The highest BCUT2D eigenvalue weighted by molar-refractivity contribution is 7.99. The number of rotatable bonds is 11. The number of carbonyl (C=O) groups is 2. The average molecular weight is 533 g/mol. The van der Waals surface area contributed by atoms with Crippen molar-refractivity contribution < 1.29 is 14.0 Å². The predicted molar refractivity (Wildman–Crippen MR) is 142 cm³/mol. The number of nitrogens with zero attached hydrogens (tertiary/aromatic N) is 1. The standard InChI is InChI=1S/C27H27Cl2FN2O2S/c1-2-31-27(34)25(14-19-8-4-3-5-9-19)32(16-20-10-6-7-11-24(20)30)26(33)18-35-17-21-12-13-22(28)15-23(21)29/h3-13,15,25H,2,14,16-18H2,1H3,(H,31,34). The third kappa shape index (κ3) is 7.99. The fraction of sp³-hybridized carbons (Fsp3) is 0.259. The molecule has 3 aromatic rings. The zero-order valence-corrected chi connectivity index (χ0v) is 21.7. The van der Waals surface area contributed by atoms with E-state index in [2.05, 4.69) is 5.32 Å². The summed E-state index contributed by atoms with van der Waals surface area (Å²) in [6.07, 6.45) is 0.320. The van der Waals surface area contributed by atoms with Gasteiger partial charge in [0, 0.05) is 40.9 Å². The molecule has 0 radical (unpaired) electrons. The van der Waals surface area contributed by atoms with Crippen LogP contribution in [0.5, 0.6) is 0 Å². The third-order valence-electron chi connectivity index (χ3n) is 5.42. The molecule has 0 fully saturated rings. The number of halogens is 3. The molecule has 1 N–H and O–H groups in total. The summed E-state index contributed by atoms with van der Waals surface area (Å²) < 4.78 is 14.5. The van der Waals surface area contributed by atoms with Crippen molar-refractivity contribution in [3.05, 3.63) is 105 Å². The smallest absolute Gasteiger partial charge is 0.243 e. The molecule has 1 atom stereocenters. The lowest BCUT2D eigenvalue weighted by molar-refractivity contribution is -0.139. The molecule has 4 nitrogen and oxygen atoms in total. The Kier molecular flexibility index (Phi) is 10.5. The number of hydrogen-bond acceptors (Lipinski definition) is 3. The average Bonchev–Trinajstić information content (AvgIpc) is 2.84. The van der Waals surface area contributed by atoms with Crippen LogP contribution in [-0.2, 0) is 28.3 Å². The summed E-state index contributed by atoms with van der Waals surface area (Å²) in [4.78, 5) is 28.1. The van der Waals surface area contributed by atoms with Crippen LogP contribution in [-0.4, -0.2) is 35.1 Å². The Morgan fingerprint density at radius 3 is 2.40 bits per heavy atom. The first-order valence-corrected chi connectivity index (χ1v) is 13.2. The molecule has 184 valence electrons. The van der Waals surface area contributed by atoms with E-state index in [9.17, 15) is 14.0 Å². The van der Waals surface area contributed by atoms with Crippen LogP contribution in [0.4, 0.5) is 4.39 Å². The van der Waals surface area contributed by atoms with Gasteiger partial charge in [-0.15, -0.1) is 11.8 Å². The minimum Gasteiger partial charge on any atom is -0.355 e. The highest BCUT2D eigenvalue weighted by atomic mass is 35.5. The number of benzene rings is 3. The monoisotopic (exact) mass is 532 g/mol. The molecular weight excluding hydrogens is 506 g/mol. The van der Waals surface area contributed by atoms with Gasteiger partial charge in [-0.1, -0.05) is 77.8 Å². The predicted octanol–water partition coefficient (Wildman–Crippen LogP) is 6.14. The van der Waals surface area contributed by atoms with Gasteiger partial charge in [-0.05, 0) is 36.2 Å². The molecule has 0 saturated heterocycles. The second-order valence-corrected chi connectivity index (χ2v) is 9.77. The van der Waals surface area contributed by atoms with Crippen molar-refractivity contribution in [2.45, 2.75) is 31.7 Å². The maximum absolute atomic E-state index is 14.5. The van der Waals surface area contributed by atoms with Crippen molar-refractivity contribution in [2.24, 2.45) is 0 Å². The minimum atomic E-state index is -0.788. The SMILES string of the molecule is CCNC(=O)C(Cc1ccccc1)N(Cc1ccccc1F)C(=O)CSCc1ccc(Cl)cc1Cl. The summed E-state index contributed by atoms with van der Waals surface area (Å²) in [5.41, 5.74) is 2.13. The zero-order chi connectivity index (χ0) is 25.2. The molecule has 0 spiro atoms. The lowest BCUT2D eigenvalue weighted by Crippen LogP contribution is -2.51. The van der Waals surface area contributed by atoms with E-state index < -0.39 is 11.9 Å². The zero-order valence-electron chi connectivity index (χ0n) is 19.3.